The number of imidazole rings is 1. The molecule has 0 saturated carbocycles. The third kappa shape index (κ3) is 4.33. The maximum Gasteiger partial charge on any atom is 0.255 e. The van der Waals surface area contributed by atoms with Crippen LogP contribution in [0.3, 0.4) is 0 Å². The van der Waals surface area contributed by atoms with Gasteiger partial charge < -0.3 is 20.7 Å². The van der Waals surface area contributed by atoms with Gasteiger partial charge in [0.05, 0.1) is 22.4 Å². The first-order chi connectivity index (χ1) is 14.5. The van der Waals surface area contributed by atoms with Crippen LogP contribution in [0.25, 0.3) is 22.8 Å². The summed E-state index contributed by atoms with van der Waals surface area (Å²) in [5.74, 6) is 0.106. The van der Waals surface area contributed by atoms with Gasteiger partial charge >= 0.3 is 0 Å². The molecule has 150 valence electrons. The fourth-order valence-electron chi connectivity index (χ4n) is 2.96. The fourth-order valence-corrected chi connectivity index (χ4v) is 3.13. The number of carbonyl (C=O) groups excluding carboxylic acids is 1. The molecular formula is C22H16ClN4O3-. The van der Waals surface area contributed by atoms with Crippen LogP contribution in [0, 0.1) is 5.21 Å². The maximum absolute atomic E-state index is 12.8. The molecule has 0 fully saturated rings. The summed E-state index contributed by atoms with van der Waals surface area (Å²) in [4.78, 5) is 20.4. The lowest BCUT2D eigenvalue weighted by Gasteiger charge is -2.21. The number of anilines is 1. The molecule has 3 N–H and O–H groups in total. The van der Waals surface area contributed by atoms with E-state index in [1.165, 1.54) is 12.1 Å². The van der Waals surface area contributed by atoms with E-state index in [1.54, 1.807) is 60.7 Å². The molecular weight excluding hydrogens is 404 g/mol. The number of benzene rings is 3. The zero-order chi connectivity index (χ0) is 21.1. The zero-order valence-electron chi connectivity index (χ0n) is 15.5. The Labute approximate surface area is 176 Å². The molecule has 0 aliphatic heterocycles. The Balaban J connectivity index is 1.77. The molecule has 0 aliphatic rings. The third-order valence-electron chi connectivity index (χ3n) is 4.39. The molecule has 1 aromatic heterocycles. The highest BCUT2D eigenvalue weighted by molar-refractivity contribution is 6.31. The summed E-state index contributed by atoms with van der Waals surface area (Å²) in [6.45, 7) is 0. The first kappa shape index (κ1) is 19.7. The molecule has 7 nitrogen and oxygen atoms in total. The first-order valence-corrected chi connectivity index (χ1v) is 9.37. The topological polar surface area (TPSA) is 104 Å². The highest BCUT2D eigenvalue weighted by Crippen LogP contribution is 2.23. The molecule has 30 heavy (non-hydrogen) atoms. The second kappa shape index (κ2) is 8.38. The van der Waals surface area contributed by atoms with Crippen LogP contribution in [-0.4, -0.2) is 21.1 Å². The Morgan fingerprint density at radius 2 is 1.90 bits per heavy atom. The van der Waals surface area contributed by atoms with Crippen LogP contribution in [0.4, 0.5) is 5.69 Å². The van der Waals surface area contributed by atoms with Crippen molar-refractivity contribution in [3.8, 4) is 0 Å². The normalized spacial score (nSPS) is 11.5. The molecule has 8 heteroatoms. The van der Waals surface area contributed by atoms with E-state index in [0.29, 0.717) is 38.7 Å². The molecule has 3 aromatic carbocycles. The lowest BCUT2D eigenvalue weighted by molar-refractivity contribution is 0.0973. The second-order valence-electron chi connectivity index (χ2n) is 6.49. The van der Waals surface area contributed by atoms with Crippen molar-refractivity contribution < 1.29 is 10.0 Å². The number of carbonyl (C=O) groups is 1. The highest BCUT2D eigenvalue weighted by atomic mass is 35.5. The number of aromatic amines is 1. The number of hydrogen-bond donors (Lipinski definition) is 3. The molecule has 0 radical (unpaired) electrons. The maximum atomic E-state index is 12.8. The summed E-state index contributed by atoms with van der Waals surface area (Å²) in [5, 5.41) is 23.6. The minimum absolute atomic E-state index is 0.0638. The number of rotatable bonds is 5. The van der Waals surface area contributed by atoms with Crippen molar-refractivity contribution in [2.75, 3.05) is 5.23 Å². The zero-order valence-corrected chi connectivity index (χ0v) is 16.3. The fraction of sp³-hybridized carbons (Fsp3) is 0. The number of hydrogen-bond acceptors (Lipinski definition) is 5. The summed E-state index contributed by atoms with van der Waals surface area (Å²) < 4.78 is 0. The Hall–Kier alpha value is -3.65. The summed E-state index contributed by atoms with van der Waals surface area (Å²) in [6, 6.07) is 20.3. The van der Waals surface area contributed by atoms with E-state index >= 15 is 0 Å². The van der Waals surface area contributed by atoms with Gasteiger partial charge in [-0.3, -0.25) is 10.0 Å². The van der Waals surface area contributed by atoms with Crippen LogP contribution in [-0.2, 0) is 0 Å². The Bertz CT molecular complexity index is 1240. The lowest BCUT2D eigenvalue weighted by Crippen LogP contribution is -2.22. The lowest BCUT2D eigenvalue weighted by atomic mass is 10.1. The number of H-pyrrole nitrogens is 1. The van der Waals surface area contributed by atoms with Crippen molar-refractivity contribution in [3.63, 3.8) is 0 Å². The van der Waals surface area contributed by atoms with Crippen LogP contribution in [0.2, 0.25) is 5.02 Å². The van der Waals surface area contributed by atoms with Crippen molar-refractivity contribution in [1.29, 1.82) is 0 Å². The van der Waals surface area contributed by atoms with E-state index in [0.717, 1.165) is 0 Å². The number of halogens is 1. The van der Waals surface area contributed by atoms with Crippen LogP contribution in [0.5, 0.6) is 0 Å². The van der Waals surface area contributed by atoms with Gasteiger partial charge in [-0.25, -0.2) is 4.98 Å². The van der Waals surface area contributed by atoms with Gasteiger partial charge in [-0.1, -0.05) is 41.9 Å². The standard InChI is InChI=1S/C22H16ClN4O3/c23-16-9-10-18-19(13-16)25-21(24-18)20(26-22(28)15-6-2-1-3-7-15)12-14-5-4-8-17(11-14)27(29)30/h1-13,29H,(H,24,25)(H,26,28)/q-1/b20-12-. The number of amides is 1. The average molecular weight is 420 g/mol. The highest BCUT2D eigenvalue weighted by Gasteiger charge is 2.13. The van der Waals surface area contributed by atoms with Gasteiger partial charge in [0, 0.05) is 10.6 Å². The van der Waals surface area contributed by atoms with Gasteiger partial charge in [0.1, 0.15) is 0 Å². The Morgan fingerprint density at radius 3 is 2.67 bits per heavy atom. The van der Waals surface area contributed by atoms with Gasteiger partial charge in [-0.05, 0) is 54.1 Å². The monoisotopic (exact) mass is 419 g/mol. The van der Waals surface area contributed by atoms with Crippen LogP contribution < -0.4 is 10.5 Å². The minimum atomic E-state index is -0.316. The van der Waals surface area contributed by atoms with E-state index in [2.05, 4.69) is 15.3 Å². The molecule has 0 atom stereocenters. The van der Waals surface area contributed by atoms with Crippen molar-refractivity contribution >= 4 is 46.0 Å². The molecule has 1 heterocycles. The molecule has 1 amide bonds. The molecule has 0 spiro atoms. The van der Waals surface area contributed by atoms with Crippen LogP contribution >= 0.6 is 11.6 Å². The summed E-state index contributed by atoms with van der Waals surface area (Å²) in [6.07, 6.45) is 1.66. The largest absolute Gasteiger partial charge is 0.733 e. The van der Waals surface area contributed by atoms with Crippen molar-refractivity contribution in [3.05, 3.63) is 100.0 Å². The number of fused-ring (bicyclic) bond motifs is 1. The molecule has 4 aromatic rings. The summed E-state index contributed by atoms with van der Waals surface area (Å²) in [5.41, 5.74) is 2.93. The molecule has 0 aliphatic carbocycles. The van der Waals surface area contributed by atoms with Gasteiger partial charge in [0.15, 0.2) is 5.82 Å². The smallest absolute Gasteiger partial charge is 0.255 e. The quantitative estimate of drug-likeness (QED) is 0.401. The van der Waals surface area contributed by atoms with Crippen molar-refractivity contribution in [2.45, 2.75) is 0 Å². The third-order valence-corrected chi connectivity index (χ3v) is 4.62. The molecule has 0 bridgehead atoms. The number of nitrogens with zero attached hydrogens (tertiary/aromatic N) is 2. The van der Waals surface area contributed by atoms with Gasteiger partial charge in [-0.2, -0.15) is 0 Å². The second-order valence-corrected chi connectivity index (χ2v) is 6.93. The Kier molecular flexibility index (Phi) is 5.49. The van der Waals surface area contributed by atoms with Crippen molar-refractivity contribution in [2.24, 2.45) is 0 Å². The summed E-state index contributed by atoms with van der Waals surface area (Å²) >= 11 is 6.06. The van der Waals surface area contributed by atoms with Crippen LogP contribution in [0.1, 0.15) is 21.7 Å². The minimum Gasteiger partial charge on any atom is -0.733 e. The van der Waals surface area contributed by atoms with Gasteiger partial charge in [0.2, 0.25) is 0 Å². The van der Waals surface area contributed by atoms with Crippen LogP contribution in [0.15, 0.2) is 72.8 Å². The van der Waals surface area contributed by atoms with Gasteiger partial charge in [0.25, 0.3) is 5.91 Å². The Morgan fingerprint density at radius 1 is 1.10 bits per heavy atom. The average Bonchev–Trinajstić information content (AvgIpc) is 3.17. The molecule has 0 saturated heterocycles. The molecule has 0 unspecified atom stereocenters. The molecule has 4 rings (SSSR count). The number of nitrogens with one attached hydrogen (secondary N) is 2. The van der Waals surface area contributed by atoms with Crippen molar-refractivity contribution in [1.82, 2.24) is 15.3 Å². The predicted molar refractivity (Wildman–Crippen MR) is 117 cm³/mol. The van der Waals surface area contributed by atoms with E-state index < -0.39 is 0 Å². The van der Waals surface area contributed by atoms with E-state index in [9.17, 15) is 15.2 Å². The van der Waals surface area contributed by atoms with E-state index in [-0.39, 0.29) is 16.8 Å². The SMILES string of the molecule is O=C(N/C(=C\c1cccc(N([O-])O)c1)c1nc2ccc(Cl)cc2[nH]1)c1ccccc1. The number of aromatic nitrogens is 2. The van der Waals surface area contributed by atoms with Gasteiger partial charge in [-0.15, -0.1) is 0 Å². The van der Waals surface area contributed by atoms with E-state index in [4.69, 9.17) is 11.6 Å². The first-order valence-electron chi connectivity index (χ1n) is 8.99. The van der Waals surface area contributed by atoms with E-state index in [1.807, 2.05) is 6.07 Å². The summed E-state index contributed by atoms with van der Waals surface area (Å²) in [7, 11) is 0. The predicted octanol–water partition coefficient (Wildman–Crippen LogP) is 4.84.